The summed E-state index contributed by atoms with van der Waals surface area (Å²) in [6, 6.07) is 2.02. The van der Waals surface area contributed by atoms with Crippen molar-refractivity contribution in [1.82, 2.24) is 4.98 Å². The minimum Gasteiger partial charge on any atom is -0.455 e. The monoisotopic (exact) mass is 187 g/mol. The summed E-state index contributed by atoms with van der Waals surface area (Å²) in [6.45, 7) is 9.84. The molecular weight excluding hydrogens is 174 g/mol. The number of aromatic nitrogens is 1. The van der Waals surface area contributed by atoms with Crippen LogP contribution in [0.5, 0.6) is 5.75 Å². The second kappa shape index (κ2) is 2.98. The highest BCUT2D eigenvalue weighted by Crippen LogP contribution is 2.33. The van der Waals surface area contributed by atoms with Gasteiger partial charge in [-0.2, -0.15) is 0 Å². The Morgan fingerprint density at radius 3 is 2.71 bits per heavy atom. The molecule has 0 unspecified atom stereocenters. The minimum atomic E-state index is 0.684. The lowest BCUT2D eigenvalue weighted by molar-refractivity contribution is 0.434. The van der Waals surface area contributed by atoms with E-state index in [4.69, 9.17) is 4.74 Å². The summed E-state index contributed by atoms with van der Waals surface area (Å²) in [7, 11) is 0. The Bertz CT molecular complexity index is 444. The average molecular weight is 187 g/mol. The van der Waals surface area contributed by atoms with Gasteiger partial charge in [0.05, 0.1) is 0 Å². The normalized spacial score (nSPS) is 14.5. The molecule has 1 aliphatic heterocycles. The topological polar surface area (TPSA) is 22.1 Å². The fourth-order valence-electron chi connectivity index (χ4n) is 1.69. The number of hydrogen-bond acceptors (Lipinski definition) is 2. The number of nitrogens with zero attached hydrogens (tertiary/aromatic N) is 1. The van der Waals surface area contributed by atoms with Gasteiger partial charge in [0.2, 0.25) is 0 Å². The Morgan fingerprint density at radius 1 is 1.29 bits per heavy atom. The van der Waals surface area contributed by atoms with E-state index >= 15 is 0 Å². The van der Waals surface area contributed by atoms with E-state index in [1.807, 2.05) is 32.9 Å². The van der Waals surface area contributed by atoms with Crippen molar-refractivity contribution < 1.29 is 4.74 Å². The molecule has 0 radical (unpaired) electrons. The first kappa shape index (κ1) is 9.00. The number of aryl methyl sites for hydroxylation is 2. The molecule has 0 N–H and O–H groups in total. The number of rotatable bonds is 0. The number of ether oxygens (including phenoxy) is 1. The summed E-state index contributed by atoms with van der Waals surface area (Å²) in [5.74, 6) is 1.53. The van der Waals surface area contributed by atoms with Crippen molar-refractivity contribution in [2.75, 3.05) is 0 Å². The summed E-state index contributed by atoms with van der Waals surface area (Å²) in [5, 5.41) is 0. The highest BCUT2D eigenvalue weighted by atomic mass is 16.5. The summed E-state index contributed by atoms with van der Waals surface area (Å²) in [5.41, 5.74) is 4.18. The van der Waals surface area contributed by atoms with Crippen molar-refractivity contribution >= 4 is 5.57 Å². The maximum absolute atomic E-state index is 5.55. The first-order valence-corrected chi connectivity index (χ1v) is 4.61. The fraction of sp³-hybridized carbons (Fsp3) is 0.250. The first-order valence-electron chi connectivity index (χ1n) is 4.61. The fourth-order valence-corrected chi connectivity index (χ4v) is 1.69. The van der Waals surface area contributed by atoms with Crippen molar-refractivity contribution in [3.05, 3.63) is 41.4 Å². The molecule has 0 saturated heterocycles. The van der Waals surface area contributed by atoms with Crippen LogP contribution in [0.25, 0.3) is 5.57 Å². The molecule has 0 saturated carbocycles. The second-order valence-corrected chi connectivity index (χ2v) is 3.65. The van der Waals surface area contributed by atoms with Gasteiger partial charge in [-0.25, -0.2) is 4.98 Å². The van der Waals surface area contributed by atoms with Gasteiger partial charge in [-0.05, 0) is 44.1 Å². The number of fused-ring (bicyclic) bond motifs is 1. The number of allylic oxidation sites excluding steroid dienone is 2. The predicted molar refractivity (Wildman–Crippen MR) is 57.1 cm³/mol. The molecule has 0 bridgehead atoms. The molecule has 1 aromatic rings. The van der Waals surface area contributed by atoms with E-state index in [2.05, 4.69) is 11.6 Å². The molecule has 2 rings (SSSR count). The van der Waals surface area contributed by atoms with Crippen molar-refractivity contribution in [2.24, 2.45) is 0 Å². The van der Waals surface area contributed by atoms with Gasteiger partial charge in [0.1, 0.15) is 11.5 Å². The molecule has 1 aromatic heterocycles. The van der Waals surface area contributed by atoms with Crippen LogP contribution < -0.4 is 4.74 Å². The second-order valence-electron chi connectivity index (χ2n) is 3.65. The Kier molecular flexibility index (Phi) is 1.92. The van der Waals surface area contributed by atoms with Gasteiger partial charge in [-0.15, -0.1) is 0 Å². The summed E-state index contributed by atoms with van der Waals surface area (Å²) in [6.07, 6.45) is 1.91. The molecule has 0 fully saturated rings. The van der Waals surface area contributed by atoms with Crippen LogP contribution in [0.15, 0.2) is 24.5 Å². The van der Waals surface area contributed by atoms with Crippen LogP contribution in [0.1, 0.15) is 23.9 Å². The average Bonchev–Trinajstić information content (AvgIpc) is 2.07. The highest BCUT2D eigenvalue weighted by Gasteiger charge is 2.17. The smallest absolute Gasteiger partial charge is 0.156 e. The maximum atomic E-state index is 5.55. The van der Waals surface area contributed by atoms with E-state index in [-0.39, 0.29) is 0 Å². The van der Waals surface area contributed by atoms with Crippen LogP contribution in [-0.2, 0) is 0 Å². The molecule has 2 heterocycles. The van der Waals surface area contributed by atoms with Gasteiger partial charge in [0.25, 0.3) is 0 Å². The molecular formula is C12H13NO. The third kappa shape index (κ3) is 1.33. The summed E-state index contributed by atoms with van der Waals surface area (Å²) < 4.78 is 5.55. The Hall–Kier alpha value is -1.57. The van der Waals surface area contributed by atoms with E-state index in [9.17, 15) is 0 Å². The largest absolute Gasteiger partial charge is 0.455 e. The molecule has 0 amide bonds. The number of pyridine rings is 1. The summed E-state index contributed by atoms with van der Waals surface area (Å²) in [4.78, 5) is 4.46. The van der Waals surface area contributed by atoms with Crippen LogP contribution in [0, 0.1) is 13.8 Å². The molecule has 14 heavy (non-hydrogen) atoms. The van der Waals surface area contributed by atoms with E-state index in [0.717, 1.165) is 28.3 Å². The van der Waals surface area contributed by atoms with Gasteiger partial charge in [-0.3, -0.25) is 0 Å². The predicted octanol–water partition coefficient (Wildman–Crippen LogP) is 3.01. The van der Waals surface area contributed by atoms with Crippen molar-refractivity contribution in [1.29, 1.82) is 0 Å². The van der Waals surface area contributed by atoms with E-state index in [1.165, 1.54) is 0 Å². The molecule has 72 valence electrons. The lowest BCUT2D eigenvalue weighted by Gasteiger charge is -2.19. The lowest BCUT2D eigenvalue weighted by atomic mass is 10.1. The molecule has 0 atom stereocenters. The molecule has 0 spiro atoms. The van der Waals surface area contributed by atoms with E-state index in [0.29, 0.717) is 5.76 Å². The first-order chi connectivity index (χ1) is 6.58. The van der Waals surface area contributed by atoms with Gasteiger partial charge in [-0.1, -0.05) is 6.58 Å². The van der Waals surface area contributed by atoms with Crippen molar-refractivity contribution in [3.8, 4) is 5.75 Å². The van der Waals surface area contributed by atoms with Gasteiger partial charge < -0.3 is 4.74 Å². The van der Waals surface area contributed by atoms with Crippen molar-refractivity contribution in [2.45, 2.75) is 20.8 Å². The number of hydrogen-bond donors (Lipinski definition) is 0. The molecule has 2 nitrogen and oxygen atoms in total. The zero-order chi connectivity index (χ0) is 10.3. The third-order valence-corrected chi connectivity index (χ3v) is 2.27. The molecule has 2 heteroatoms. The van der Waals surface area contributed by atoms with Crippen LogP contribution in [0.3, 0.4) is 0 Å². The zero-order valence-corrected chi connectivity index (χ0v) is 8.72. The van der Waals surface area contributed by atoms with Crippen LogP contribution in [-0.4, -0.2) is 4.98 Å². The standard InChI is InChI=1S/C12H13NO/c1-7-6-10(4)14-12-8(2)5-9(3)13-11(7)12/h5-6H,4H2,1-3H3. The Labute approximate surface area is 83.9 Å². The van der Waals surface area contributed by atoms with Crippen molar-refractivity contribution in [3.63, 3.8) is 0 Å². The van der Waals surface area contributed by atoms with Crippen LogP contribution in [0.2, 0.25) is 0 Å². The third-order valence-electron chi connectivity index (χ3n) is 2.27. The minimum absolute atomic E-state index is 0.684. The highest BCUT2D eigenvalue weighted by molar-refractivity contribution is 5.71. The Morgan fingerprint density at radius 2 is 2.00 bits per heavy atom. The summed E-state index contributed by atoms with van der Waals surface area (Å²) >= 11 is 0. The van der Waals surface area contributed by atoms with E-state index < -0.39 is 0 Å². The molecule has 0 aromatic carbocycles. The van der Waals surface area contributed by atoms with Gasteiger partial charge in [0, 0.05) is 5.69 Å². The van der Waals surface area contributed by atoms with Crippen LogP contribution in [0.4, 0.5) is 0 Å². The molecule has 0 aliphatic carbocycles. The quantitative estimate of drug-likeness (QED) is 0.623. The SMILES string of the molecule is C=C1C=C(C)c2nc(C)cc(C)c2O1. The molecule has 1 aliphatic rings. The zero-order valence-electron chi connectivity index (χ0n) is 8.72. The maximum Gasteiger partial charge on any atom is 0.156 e. The van der Waals surface area contributed by atoms with Gasteiger partial charge >= 0.3 is 0 Å². The van der Waals surface area contributed by atoms with E-state index in [1.54, 1.807) is 0 Å². The Balaban J connectivity index is 2.69. The van der Waals surface area contributed by atoms with Crippen LogP contribution >= 0.6 is 0 Å². The lowest BCUT2D eigenvalue weighted by Crippen LogP contribution is -2.05. The van der Waals surface area contributed by atoms with Gasteiger partial charge in [0.15, 0.2) is 5.75 Å².